The Bertz CT molecular complexity index is 873. The summed E-state index contributed by atoms with van der Waals surface area (Å²) in [6.45, 7) is 4.58. The predicted molar refractivity (Wildman–Crippen MR) is 132 cm³/mol. The second-order valence-corrected chi connectivity index (χ2v) is 8.72. The van der Waals surface area contributed by atoms with Crippen molar-refractivity contribution in [3.63, 3.8) is 0 Å². The van der Waals surface area contributed by atoms with Gasteiger partial charge in [-0.15, -0.1) is 24.0 Å². The van der Waals surface area contributed by atoms with Gasteiger partial charge in [0.15, 0.2) is 5.96 Å². The van der Waals surface area contributed by atoms with Crippen molar-refractivity contribution in [2.24, 2.45) is 4.99 Å². The molecule has 0 amide bonds. The number of halogens is 1. The molecule has 9 heteroatoms. The van der Waals surface area contributed by atoms with Gasteiger partial charge in [-0.3, -0.25) is 0 Å². The third kappa shape index (κ3) is 8.49. The summed E-state index contributed by atoms with van der Waals surface area (Å²) < 4.78 is 31.1. The molecule has 0 heterocycles. The van der Waals surface area contributed by atoms with Crippen LogP contribution in [0.5, 0.6) is 5.75 Å². The van der Waals surface area contributed by atoms with Gasteiger partial charge in [-0.2, -0.15) is 0 Å². The summed E-state index contributed by atoms with van der Waals surface area (Å²) in [4.78, 5) is 4.84. The topological polar surface area (TPSA) is 83.0 Å². The zero-order valence-electron chi connectivity index (χ0n) is 17.7. The minimum Gasteiger partial charge on any atom is -0.494 e. The molecule has 166 valence electrons. The van der Waals surface area contributed by atoms with Crippen molar-refractivity contribution in [3.05, 3.63) is 60.2 Å². The summed E-state index contributed by atoms with van der Waals surface area (Å²) in [5, 5.41) is 6.49. The van der Waals surface area contributed by atoms with Crippen LogP contribution in [0.3, 0.4) is 0 Å². The highest BCUT2D eigenvalue weighted by Gasteiger charge is 2.16. The van der Waals surface area contributed by atoms with Crippen molar-refractivity contribution in [3.8, 4) is 5.75 Å². The molecule has 0 aliphatic carbocycles. The molecule has 0 aromatic heterocycles. The number of nitrogens with one attached hydrogen (secondary N) is 2. The van der Waals surface area contributed by atoms with E-state index in [4.69, 9.17) is 4.74 Å². The molecule has 0 unspecified atom stereocenters. The fraction of sp³-hybridized carbons (Fsp3) is 0.381. The first-order valence-corrected chi connectivity index (χ1v) is 11.1. The molecule has 30 heavy (non-hydrogen) atoms. The van der Waals surface area contributed by atoms with E-state index in [9.17, 15) is 8.42 Å². The zero-order chi connectivity index (χ0) is 21.1. The van der Waals surface area contributed by atoms with E-state index in [0.717, 1.165) is 36.8 Å². The van der Waals surface area contributed by atoms with Crippen LogP contribution in [-0.2, 0) is 16.6 Å². The van der Waals surface area contributed by atoms with Gasteiger partial charge in [0, 0.05) is 27.2 Å². The van der Waals surface area contributed by atoms with Crippen LogP contribution >= 0.6 is 24.0 Å². The van der Waals surface area contributed by atoms with Gasteiger partial charge in [0.25, 0.3) is 0 Å². The highest BCUT2D eigenvalue weighted by molar-refractivity contribution is 14.0. The van der Waals surface area contributed by atoms with Crippen LogP contribution < -0.4 is 15.4 Å². The molecule has 0 aliphatic rings. The van der Waals surface area contributed by atoms with Crippen LogP contribution in [0.15, 0.2) is 64.5 Å². The maximum atomic E-state index is 12.1. The lowest BCUT2D eigenvalue weighted by Gasteiger charge is -2.13. The predicted octanol–water partition coefficient (Wildman–Crippen LogP) is 3.08. The molecule has 0 radical (unpaired) electrons. The van der Waals surface area contributed by atoms with Crippen molar-refractivity contribution in [1.82, 2.24) is 14.9 Å². The van der Waals surface area contributed by atoms with E-state index in [1.54, 1.807) is 24.3 Å². The van der Waals surface area contributed by atoms with Crippen LogP contribution in [0.25, 0.3) is 0 Å². The van der Waals surface area contributed by atoms with E-state index >= 15 is 0 Å². The van der Waals surface area contributed by atoms with Crippen LogP contribution in [0.4, 0.5) is 0 Å². The SMILES string of the molecule is CCNC(=NCc1ccc(S(=O)(=O)N(C)C)cc1)NCCCOc1ccccc1.I. The molecule has 2 aromatic carbocycles. The third-order valence-electron chi connectivity index (χ3n) is 4.09. The number of rotatable bonds is 10. The first-order chi connectivity index (χ1) is 13.9. The molecule has 0 atom stereocenters. The number of benzene rings is 2. The molecule has 0 saturated heterocycles. The molecular formula is C21H31IN4O3S. The van der Waals surface area contributed by atoms with E-state index in [1.165, 1.54) is 18.4 Å². The maximum absolute atomic E-state index is 12.1. The molecule has 0 saturated carbocycles. The van der Waals surface area contributed by atoms with E-state index in [0.29, 0.717) is 13.2 Å². The number of sulfonamides is 1. The second kappa shape index (κ2) is 13.5. The number of hydrogen-bond acceptors (Lipinski definition) is 4. The standard InChI is InChI=1S/C21H30N4O3S.HI/c1-4-22-21(23-15-8-16-28-19-9-6-5-7-10-19)24-17-18-11-13-20(14-12-18)29(26,27)25(2)3;/h5-7,9-14H,4,8,15-17H2,1-3H3,(H2,22,23,24);1H. The molecule has 2 N–H and O–H groups in total. The lowest BCUT2D eigenvalue weighted by atomic mass is 10.2. The fourth-order valence-electron chi connectivity index (χ4n) is 2.48. The maximum Gasteiger partial charge on any atom is 0.242 e. The number of hydrogen-bond donors (Lipinski definition) is 2. The van der Waals surface area contributed by atoms with Crippen molar-refractivity contribution in [2.45, 2.75) is 24.8 Å². The number of guanidine groups is 1. The minimum atomic E-state index is -3.41. The first kappa shape index (κ1) is 26.2. The molecule has 0 fully saturated rings. The number of para-hydroxylation sites is 1. The Morgan fingerprint density at radius 1 is 1.03 bits per heavy atom. The largest absolute Gasteiger partial charge is 0.494 e. The smallest absolute Gasteiger partial charge is 0.242 e. The molecule has 2 rings (SSSR count). The van der Waals surface area contributed by atoms with Gasteiger partial charge < -0.3 is 15.4 Å². The summed E-state index contributed by atoms with van der Waals surface area (Å²) in [6.07, 6.45) is 0.844. The van der Waals surface area contributed by atoms with Crippen molar-refractivity contribution >= 4 is 40.0 Å². The number of nitrogens with zero attached hydrogens (tertiary/aromatic N) is 2. The van der Waals surface area contributed by atoms with Crippen LogP contribution in [0.2, 0.25) is 0 Å². The Hall–Kier alpha value is -1.85. The summed E-state index contributed by atoms with van der Waals surface area (Å²) in [6, 6.07) is 16.5. The van der Waals surface area contributed by atoms with Crippen LogP contribution in [-0.4, -0.2) is 52.5 Å². The lowest BCUT2D eigenvalue weighted by molar-refractivity contribution is 0.311. The Kier molecular flexibility index (Phi) is 11.7. The fourth-order valence-corrected chi connectivity index (χ4v) is 3.38. The van der Waals surface area contributed by atoms with Crippen molar-refractivity contribution < 1.29 is 13.2 Å². The van der Waals surface area contributed by atoms with Gasteiger partial charge in [0.05, 0.1) is 18.0 Å². The quantitative estimate of drug-likeness (QED) is 0.207. The highest BCUT2D eigenvalue weighted by Crippen LogP contribution is 2.14. The van der Waals surface area contributed by atoms with Gasteiger partial charge in [-0.25, -0.2) is 17.7 Å². The summed E-state index contributed by atoms with van der Waals surface area (Å²) in [5.41, 5.74) is 0.937. The van der Waals surface area contributed by atoms with Crippen LogP contribution in [0.1, 0.15) is 18.9 Å². The Morgan fingerprint density at radius 3 is 2.30 bits per heavy atom. The van der Waals surface area contributed by atoms with Crippen molar-refractivity contribution in [2.75, 3.05) is 33.8 Å². The van der Waals surface area contributed by atoms with E-state index in [2.05, 4.69) is 15.6 Å². The average Bonchev–Trinajstić information content (AvgIpc) is 2.72. The second-order valence-electron chi connectivity index (χ2n) is 6.57. The Balaban J connectivity index is 0.00000450. The molecular weight excluding hydrogens is 515 g/mol. The normalized spacial score (nSPS) is 11.7. The number of ether oxygens (including phenoxy) is 1. The zero-order valence-corrected chi connectivity index (χ0v) is 20.8. The Labute approximate surface area is 197 Å². The Morgan fingerprint density at radius 2 is 1.70 bits per heavy atom. The van der Waals surface area contributed by atoms with E-state index < -0.39 is 10.0 Å². The molecule has 0 aliphatic heterocycles. The lowest BCUT2D eigenvalue weighted by Crippen LogP contribution is -2.38. The van der Waals surface area contributed by atoms with E-state index in [-0.39, 0.29) is 28.9 Å². The summed E-state index contributed by atoms with van der Waals surface area (Å²) >= 11 is 0. The number of aliphatic imine (C=N–C) groups is 1. The summed E-state index contributed by atoms with van der Waals surface area (Å²) in [7, 11) is -0.369. The van der Waals surface area contributed by atoms with Gasteiger partial charge in [-0.1, -0.05) is 30.3 Å². The van der Waals surface area contributed by atoms with Gasteiger partial charge >= 0.3 is 0 Å². The van der Waals surface area contributed by atoms with Crippen molar-refractivity contribution in [1.29, 1.82) is 0 Å². The third-order valence-corrected chi connectivity index (χ3v) is 5.92. The minimum absolute atomic E-state index is 0. The molecule has 2 aromatic rings. The van der Waals surface area contributed by atoms with Gasteiger partial charge in [-0.05, 0) is 43.2 Å². The first-order valence-electron chi connectivity index (χ1n) is 9.65. The molecule has 0 bridgehead atoms. The van der Waals surface area contributed by atoms with Gasteiger partial charge in [0.2, 0.25) is 10.0 Å². The monoisotopic (exact) mass is 546 g/mol. The average molecular weight is 546 g/mol. The molecule has 0 spiro atoms. The van der Waals surface area contributed by atoms with E-state index in [1.807, 2.05) is 37.3 Å². The summed E-state index contributed by atoms with van der Waals surface area (Å²) in [5.74, 6) is 1.59. The van der Waals surface area contributed by atoms with Gasteiger partial charge in [0.1, 0.15) is 5.75 Å². The molecule has 7 nitrogen and oxygen atoms in total. The highest BCUT2D eigenvalue weighted by atomic mass is 127. The van der Waals surface area contributed by atoms with Crippen LogP contribution in [0, 0.1) is 0 Å².